The minimum absolute atomic E-state index is 0.269. The number of rotatable bonds is 3. The van der Waals surface area contributed by atoms with Gasteiger partial charge < -0.3 is 0 Å². The molecule has 0 radical (unpaired) electrons. The van der Waals surface area contributed by atoms with E-state index in [1.807, 2.05) is 19.1 Å². The van der Waals surface area contributed by atoms with E-state index in [0.717, 1.165) is 21.5 Å². The third-order valence-electron chi connectivity index (χ3n) is 5.16. The molecule has 1 amide bonds. The van der Waals surface area contributed by atoms with Gasteiger partial charge in [0, 0.05) is 23.0 Å². The molecule has 0 aliphatic rings. The molecular formula is C23H15Cl2N5O2. The van der Waals surface area contributed by atoms with Gasteiger partial charge in [-0.25, -0.2) is 14.2 Å². The summed E-state index contributed by atoms with van der Waals surface area (Å²) in [6.07, 6.45) is 2.98. The second-order valence-corrected chi connectivity index (χ2v) is 8.02. The molecule has 0 bridgehead atoms. The summed E-state index contributed by atoms with van der Waals surface area (Å²) in [5.41, 5.74) is 6.15. The Bertz CT molecular complexity index is 1570. The van der Waals surface area contributed by atoms with Crippen molar-refractivity contribution in [3.05, 3.63) is 98.6 Å². The second-order valence-electron chi connectivity index (χ2n) is 7.17. The fourth-order valence-electron chi connectivity index (χ4n) is 3.63. The molecule has 5 aromatic rings. The largest absolute Gasteiger partial charge is 0.280 e. The van der Waals surface area contributed by atoms with Crippen molar-refractivity contribution >= 4 is 45.7 Å². The Hall–Kier alpha value is -3.68. The van der Waals surface area contributed by atoms with Crippen LogP contribution in [0.1, 0.15) is 16.1 Å². The van der Waals surface area contributed by atoms with Crippen molar-refractivity contribution in [3.63, 3.8) is 0 Å². The van der Waals surface area contributed by atoms with Gasteiger partial charge in [-0.15, -0.1) is 0 Å². The number of aromatic nitrogens is 4. The Morgan fingerprint density at radius 3 is 2.53 bits per heavy atom. The first-order chi connectivity index (χ1) is 15.4. The van der Waals surface area contributed by atoms with E-state index in [0.29, 0.717) is 26.6 Å². The summed E-state index contributed by atoms with van der Waals surface area (Å²) >= 11 is 12.1. The Kier molecular flexibility index (Phi) is 4.92. The number of hydrogen-bond acceptors (Lipinski definition) is 4. The molecule has 0 fully saturated rings. The van der Waals surface area contributed by atoms with E-state index in [9.17, 15) is 9.59 Å². The number of carbonyl (C=O) groups excluding carboxylic acids is 1. The number of pyridine rings is 1. The van der Waals surface area contributed by atoms with Gasteiger partial charge >= 0.3 is 0 Å². The standard InChI is InChI=1S/C23H15Cl2N5O2/c1-13-20(14-6-8-15(24)9-7-14)21-26-12-17-19(30(21)27-13)10-11-29(23(17)32)28-22(31)16-4-2-3-5-18(16)25/h2-12H,1H3,(H,28,31). The van der Waals surface area contributed by atoms with Crippen LogP contribution in [0, 0.1) is 6.92 Å². The van der Waals surface area contributed by atoms with Crippen LogP contribution in [0.4, 0.5) is 0 Å². The fourth-order valence-corrected chi connectivity index (χ4v) is 3.98. The number of aryl methyl sites for hydroxylation is 1. The van der Waals surface area contributed by atoms with Crippen LogP contribution in [0.25, 0.3) is 27.7 Å². The molecule has 3 heterocycles. The summed E-state index contributed by atoms with van der Waals surface area (Å²) in [4.78, 5) is 30.1. The average Bonchev–Trinajstić information content (AvgIpc) is 3.12. The molecule has 9 heteroatoms. The molecule has 5 rings (SSSR count). The molecule has 3 aromatic heterocycles. The number of halogens is 2. The maximum atomic E-state index is 13.0. The number of carbonyl (C=O) groups is 1. The molecule has 0 spiro atoms. The highest BCUT2D eigenvalue weighted by atomic mass is 35.5. The summed E-state index contributed by atoms with van der Waals surface area (Å²) in [6.45, 7) is 1.88. The van der Waals surface area contributed by atoms with Gasteiger partial charge in [-0.1, -0.05) is 47.5 Å². The number of nitrogens with one attached hydrogen (secondary N) is 1. The number of hydrogen-bond donors (Lipinski definition) is 1. The Labute approximate surface area is 191 Å². The molecule has 32 heavy (non-hydrogen) atoms. The van der Waals surface area contributed by atoms with E-state index >= 15 is 0 Å². The minimum Gasteiger partial charge on any atom is -0.267 e. The second kappa shape index (κ2) is 7.78. The fraction of sp³-hybridized carbons (Fsp3) is 0.0435. The molecule has 0 aliphatic heterocycles. The van der Waals surface area contributed by atoms with Gasteiger partial charge in [0.25, 0.3) is 11.5 Å². The summed E-state index contributed by atoms with van der Waals surface area (Å²) in [7, 11) is 0. The van der Waals surface area contributed by atoms with Crippen LogP contribution in [0.2, 0.25) is 10.0 Å². The van der Waals surface area contributed by atoms with E-state index in [4.69, 9.17) is 23.2 Å². The summed E-state index contributed by atoms with van der Waals surface area (Å²) < 4.78 is 2.74. The highest BCUT2D eigenvalue weighted by molar-refractivity contribution is 6.34. The normalized spacial score (nSPS) is 11.2. The lowest BCUT2D eigenvalue weighted by Crippen LogP contribution is -2.33. The lowest BCUT2D eigenvalue weighted by molar-refractivity contribution is 0.101. The van der Waals surface area contributed by atoms with Crippen LogP contribution in [0.5, 0.6) is 0 Å². The van der Waals surface area contributed by atoms with Crippen molar-refractivity contribution in [3.8, 4) is 11.1 Å². The lowest BCUT2D eigenvalue weighted by Gasteiger charge is -2.10. The lowest BCUT2D eigenvalue weighted by atomic mass is 10.1. The van der Waals surface area contributed by atoms with Gasteiger partial charge in [-0.2, -0.15) is 5.10 Å². The first-order valence-electron chi connectivity index (χ1n) is 9.65. The topological polar surface area (TPSA) is 81.3 Å². The van der Waals surface area contributed by atoms with Crippen LogP contribution in [-0.4, -0.2) is 25.2 Å². The van der Waals surface area contributed by atoms with E-state index in [-0.39, 0.29) is 5.56 Å². The molecular weight excluding hydrogens is 449 g/mol. The van der Waals surface area contributed by atoms with Crippen LogP contribution < -0.4 is 11.0 Å². The van der Waals surface area contributed by atoms with Gasteiger partial charge in [0.15, 0.2) is 5.65 Å². The number of amides is 1. The van der Waals surface area contributed by atoms with E-state index in [1.165, 1.54) is 12.4 Å². The van der Waals surface area contributed by atoms with E-state index in [1.54, 1.807) is 47.0 Å². The van der Waals surface area contributed by atoms with Gasteiger partial charge in [-0.3, -0.25) is 15.0 Å². The third kappa shape index (κ3) is 3.32. The molecule has 0 saturated heterocycles. The van der Waals surface area contributed by atoms with Crippen molar-refractivity contribution in [2.75, 3.05) is 5.43 Å². The quantitative estimate of drug-likeness (QED) is 0.420. The van der Waals surface area contributed by atoms with E-state index < -0.39 is 11.5 Å². The van der Waals surface area contributed by atoms with Gasteiger partial charge in [-0.05, 0) is 42.8 Å². The monoisotopic (exact) mass is 463 g/mol. The SMILES string of the molecule is Cc1nn2c(ncc3c(=O)n(NC(=O)c4ccccc4Cl)ccc32)c1-c1ccc(Cl)cc1. The Morgan fingerprint density at radius 1 is 1.03 bits per heavy atom. The van der Waals surface area contributed by atoms with Crippen molar-refractivity contribution in [1.82, 2.24) is 19.3 Å². The van der Waals surface area contributed by atoms with Crippen LogP contribution >= 0.6 is 23.2 Å². The summed E-state index contributed by atoms with van der Waals surface area (Å²) in [5.74, 6) is -0.494. The highest BCUT2D eigenvalue weighted by Gasteiger charge is 2.17. The predicted octanol–water partition coefficient (Wildman–Crippen LogP) is 4.71. The highest BCUT2D eigenvalue weighted by Crippen LogP contribution is 2.29. The van der Waals surface area contributed by atoms with Crippen molar-refractivity contribution < 1.29 is 4.79 Å². The zero-order chi connectivity index (χ0) is 22.4. The zero-order valence-electron chi connectivity index (χ0n) is 16.7. The first kappa shape index (κ1) is 20.2. The van der Waals surface area contributed by atoms with E-state index in [2.05, 4.69) is 15.5 Å². The smallest absolute Gasteiger partial charge is 0.267 e. The molecule has 2 aromatic carbocycles. The van der Waals surface area contributed by atoms with Crippen LogP contribution in [0.3, 0.4) is 0 Å². The zero-order valence-corrected chi connectivity index (χ0v) is 18.2. The summed E-state index contributed by atoms with van der Waals surface area (Å²) in [5, 5.41) is 5.84. The molecule has 0 saturated carbocycles. The first-order valence-corrected chi connectivity index (χ1v) is 10.4. The Morgan fingerprint density at radius 2 is 1.78 bits per heavy atom. The number of benzene rings is 2. The van der Waals surface area contributed by atoms with Crippen molar-refractivity contribution in [2.24, 2.45) is 0 Å². The number of fused-ring (bicyclic) bond motifs is 3. The predicted molar refractivity (Wildman–Crippen MR) is 125 cm³/mol. The molecule has 1 N–H and O–H groups in total. The molecule has 0 aliphatic carbocycles. The molecule has 0 atom stereocenters. The maximum absolute atomic E-state index is 13.0. The van der Waals surface area contributed by atoms with Gasteiger partial charge in [0.2, 0.25) is 0 Å². The van der Waals surface area contributed by atoms with Crippen LogP contribution in [0.15, 0.2) is 71.8 Å². The van der Waals surface area contributed by atoms with Gasteiger partial charge in [0.05, 0.1) is 27.2 Å². The van der Waals surface area contributed by atoms with Crippen molar-refractivity contribution in [1.29, 1.82) is 0 Å². The summed E-state index contributed by atoms with van der Waals surface area (Å²) in [6, 6.07) is 15.7. The van der Waals surface area contributed by atoms with Gasteiger partial charge in [0.1, 0.15) is 0 Å². The molecule has 158 valence electrons. The molecule has 0 unspecified atom stereocenters. The minimum atomic E-state index is -0.494. The van der Waals surface area contributed by atoms with Crippen LogP contribution in [-0.2, 0) is 0 Å². The molecule has 7 nitrogen and oxygen atoms in total. The van der Waals surface area contributed by atoms with Crippen molar-refractivity contribution in [2.45, 2.75) is 6.92 Å². The number of nitrogens with zero attached hydrogens (tertiary/aromatic N) is 4. The average molecular weight is 464 g/mol. The third-order valence-corrected chi connectivity index (χ3v) is 5.74. The Balaban J connectivity index is 1.61. The maximum Gasteiger partial charge on any atom is 0.280 e.